The summed E-state index contributed by atoms with van der Waals surface area (Å²) >= 11 is 0. The third kappa shape index (κ3) is 3.76. The van der Waals surface area contributed by atoms with Crippen molar-refractivity contribution < 1.29 is 14.1 Å². The minimum Gasteiger partial charge on any atom is -0.367 e. The van der Waals surface area contributed by atoms with Crippen molar-refractivity contribution in [3.05, 3.63) is 29.7 Å². The van der Waals surface area contributed by atoms with Gasteiger partial charge < -0.3 is 14.2 Å². The van der Waals surface area contributed by atoms with Crippen molar-refractivity contribution in [2.75, 3.05) is 13.1 Å². The van der Waals surface area contributed by atoms with E-state index in [0.29, 0.717) is 24.0 Å². The number of amides is 1. The van der Waals surface area contributed by atoms with Crippen molar-refractivity contribution in [2.45, 2.75) is 45.9 Å². The van der Waals surface area contributed by atoms with Crippen LogP contribution in [0.25, 0.3) is 0 Å². The van der Waals surface area contributed by atoms with Gasteiger partial charge in [0.25, 0.3) is 11.8 Å². The molecule has 1 aliphatic rings. The Kier molecular flexibility index (Phi) is 4.71. The quantitative estimate of drug-likeness (QED) is 0.828. The Morgan fingerprint density at radius 1 is 1.52 bits per heavy atom. The molecule has 0 aliphatic carbocycles. The van der Waals surface area contributed by atoms with Gasteiger partial charge in [0.15, 0.2) is 5.82 Å². The van der Waals surface area contributed by atoms with Gasteiger partial charge in [-0.1, -0.05) is 5.16 Å². The van der Waals surface area contributed by atoms with Crippen molar-refractivity contribution in [1.82, 2.24) is 24.8 Å². The number of rotatable bonds is 5. The maximum absolute atomic E-state index is 12.5. The van der Waals surface area contributed by atoms with Crippen LogP contribution in [0.4, 0.5) is 0 Å². The van der Waals surface area contributed by atoms with Gasteiger partial charge in [0.2, 0.25) is 0 Å². The maximum Gasteiger partial charge on any atom is 0.274 e. The molecule has 3 rings (SSSR count). The van der Waals surface area contributed by atoms with Crippen molar-refractivity contribution in [1.29, 1.82) is 0 Å². The molecule has 3 heterocycles. The number of aromatic nitrogens is 4. The topological polar surface area (TPSA) is 86.3 Å². The third-order valence-electron chi connectivity index (χ3n) is 3.86. The molecule has 1 unspecified atom stereocenters. The SMILES string of the molecule is CCn1ccc(C(=O)N2CCCC(OCc3nc(C)no3)C2)n1. The van der Waals surface area contributed by atoms with E-state index >= 15 is 0 Å². The molecule has 2 aromatic heterocycles. The van der Waals surface area contributed by atoms with Crippen molar-refractivity contribution in [3.63, 3.8) is 0 Å². The number of nitrogens with zero attached hydrogens (tertiary/aromatic N) is 5. The Hall–Kier alpha value is -2.22. The molecule has 1 aliphatic heterocycles. The summed E-state index contributed by atoms with van der Waals surface area (Å²) in [4.78, 5) is 18.4. The zero-order valence-corrected chi connectivity index (χ0v) is 13.4. The fraction of sp³-hybridized carbons (Fsp3) is 0.600. The molecule has 0 saturated carbocycles. The van der Waals surface area contributed by atoms with E-state index in [4.69, 9.17) is 9.26 Å². The van der Waals surface area contributed by atoms with E-state index in [1.165, 1.54) is 0 Å². The molecular weight excluding hydrogens is 298 g/mol. The summed E-state index contributed by atoms with van der Waals surface area (Å²) in [6.07, 6.45) is 3.63. The first-order valence-electron chi connectivity index (χ1n) is 7.89. The van der Waals surface area contributed by atoms with E-state index in [0.717, 1.165) is 25.9 Å². The van der Waals surface area contributed by atoms with Crippen LogP contribution in [0.2, 0.25) is 0 Å². The van der Waals surface area contributed by atoms with Crippen LogP contribution < -0.4 is 0 Å². The molecule has 0 aromatic carbocycles. The Bertz CT molecular complexity index is 666. The van der Waals surface area contributed by atoms with E-state index in [1.54, 1.807) is 22.6 Å². The first-order valence-corrected chi connectivity index (χ1v) is 7.89. The molecule has 1 saturated heterocycles. The summed E-state index contributed by atoms with van der Waals surface area (Å²) < 4.78 is 12.6. The van der Waals surface area contributed by atoms with Crippen LogP contribution in [-0.2, 0) is 17.9 Å². The van der Waals surface area contributed by atoms with Crippen molar-refractivity contribution >= 4 is 5.91 Å². The van der Waals surface area contributed by atoms with Crippen molar-refractivity contribution in [2.24, 2.45) is 0 Å². The highest BCUT2D eigenvalue weighted by atomic mass is 16.5. The first kappa shape index (κ1) is 15.7. The van der Waals surface area contributed by atoms with Crippen LogP contribution in [0.3, 0.4) is 0 Å². The highest BCUT2D eigenvalue weighted by Gasteiger charge is 2.26. The van der Waals surface area contributed by atoms with Gasteiger partial charge in [0.05, 0.1) is 6.10 Å². The summed E-state index contributed by atoms with van der Waals surface area (Å²) in [6.45, 7) is 6.08. The van der Waals surface area contributed by atoms with Crippen LogP contribution in [0, 0.1) is 6.92 Å². The average molecular weight is 319 g/mol. The number of carbonyl (C=O) groups excluding carboxylic acids is 1. The zero-order valence-electron chi connectivity index (χ0n) is 13.4. The molecule has 124 valence electrons. The lowest BCUT2D eigenvalue weighted by Crippen LogP contribution is -2.43. The zero-order chi connectivity index (χ0) is 16.2. The molecule has 1 atom stereocenters. The van der Waals surface area contributed by atoms with E-state index in [-0.39, 0.29) is 18.6 Å². The molecule has 0 radical (unpaired) electrons. The summed E-state index contributed by atoms with van der Waals surface area (Å²) in [5, 5.41) is 8.01. The van der Waals surface area contributed by atoms with E-state index in [2.05, 4.69) is 15.2 Å². The van der Waals surface area contributed by atoms with Gasteiger partial charge in [-0.05, 0) is 32.8 Å². The molecular formula is C15H21N5O3. The van der Waals surface area contributed by atoms with Gasteiger partial charge in [0.1, 0.15) is 12.3 Å². The fourth-order valence-corrected chi connectivity index (χ4v) is 2.66. The highest BCUT2D eigenvalue weighted by molar-refractivity contribution is 5.92. The Labute approximate surface area is 134 Å². The van der Waals surface area contributed by atoms with Gasteiger partial charge in [-0.3, -0.25) is 9.48 Å². The lowest BCUT2D eigenvalue weighted by Gasteiger charge is -2.32. The van der Waals surface area contributed by atoms with E-state index in [1.807, 2.05) is 13.1 Å². The van der Waals surface area contributed by atoms with Crippen LogP contribution in [0.1, 0.15) is 42.0 Å². The monoisotopic (exact) mass is 319 g/mol. The Balaban J connectivity index is 1.55. The van der Waals surface area contributed by atoms with Gasteiger partial charge in [0, 0.05) is 25.8 Å². The number of aryl methyl sites for hydroxylation is 2. The second-order valence-electron chi connectivity index (χ2n) is 5.62. The summed E-state index contributed by atoms with van der Waals surface area (Å²) in [6, 6.07) is 1.76. The minimum absolute atomic E-state index is 0.0202. The minimum atomic E-state index is -0.0425. The maximum atomic E-state index is 12.5. The predicted molar refractivity (Wildman–Crippen MR) is 80.7 cm³/mol. The number of hydrogen-bond acceptors (Lipinski definition) is 6. The normalized spacial score (nSPS) is 18.3. The average Bonchev–Trinajstić information content (AvgIpc) is 3.21. The second-order valence-corrected chi connectivity index (χ2v) is 5.62. The molecule has 8 heteroatoms. The van der Waals surface area contributed by atoms with Crippen LogP contribution in [0.15, 0.2) is 16.8 Å². The molecule has 23 heavy (non-hydrogen) atoms. The molecule has 0 N–H and O–H groups in total. The van der Waals surface area contributed by atoms with Crippen LogP contribution in [-0.4, -0.2) is 49.9 Å². The van der Waals surface area contributed by atoms with Gasteiger partial charge in [-0.2, -0.15) is 10.1 Å². The number of likely N-dealkylation sites (tertiary alicyclic amines) is 1. The summed E-state index contributed by atoms with van der Waals surface area (Å²) in [7, 11) is 0. The molecule has 1 amide bonds. The Morgan fingerprint density at radius 2 is 2.39 bits per heavy atom. The van der Waals surface area contributed by atoms with Crippen LogP contribution in [0.5, 0.6) is 0 Å². The molecule has 2 aromatic rings. The summed E-state index contributed by atoms with van der Waals surface area (Å²) in [5.74, 6) is 1.02. The number of hydrogen-bond donors (Lipinski definition) is 0. The van der Waals surface area contributed by atoms with Gasteiger partial charge >= 0.3 is 0 Å². The second kappa shape index (κ2) is 6.91. The standard InChI is InChI=1S/C15H21N5O3/c1-3-20-8-6-13(17-20)15(21)19-7-4-5-12(9-19)22-10-14-16-11(2)18-23-14/h6,8,12H,3-5,7,9-10H2,1-2H3. The van der Waals surface area contributed by atoms with Crippen molar-refractivity contribution in [3.8, 4) is 0 Å². The van der Waals surface area contributed by atoms with Gasteiger partial charge in [-0.15, -0.1) is 0 Å². The number of piperidine rings is 1. The lowest BCUT2D eigenvalue weighted by molar-refractivity contribution is -0.0155. The smallest absolute Gasteiger partial charge is 0.274 e. The van der Waals surface area contributed by atoms with E-state index < -0.39 is 0 Å². The number of ether oxygens (including phenoxy) is 1. The molecule has 8 nitrogen and oxygen atoms in total. The summed E-state index contributed by atoms with van der Waals surface area (Å²) in [5.41, 5.74) is 0.486. The predicted octanol–water partition coefficient (Wildman–Crippen LogP) is 1.42. The molecule has 0 spiro atoms. The Morgan fingerprint density at radius 3 is 3.09 bits per heavy atom. The first-order chi connectivity index (χ1) is 11.2. The lowest BCUT2D eigenvalue weighted by atomic mass is 10.1. The molecule has 1 fully saturated rings. The highest BCUT2D eigenvalue weighted by Crippen LogP contribution is 2.17. The van der Waals surface area contributed by atoms with Crippen LogP contribution >= 0.6 is 0 Å². The van der Waals surface area contributed by atoms with Gasteiger partial charge in [-0.25, -0.2) is 0 Å². The largest absolute Gasteiger partial charge is 0.367 e. The molecule has 0 bridgehead atoms. The van der Waals surface area contributed by atoms with E-state index in [9.17, 15) is 4.79 Å². The number of carbonyl (C=O) groups is 1. The third-order valence-corrected chi connectivity index (χ3v) is 3.86. The fourth-order valence-electron chi connectivity index (χ4n) is 2.66.